The predicted octanol–water partition coefficient (Wildman–Crippen LogP) is 5.09. The highest BCUT2D eigenvalue weighted by Crippen LogP contribution is 2.34. The van der Waals surface area contributed by atoms with Gasteiger partial charge in [0.1, 0.15) is 10.8 Å². The Kier molecular flexibility index (Phi) is 9.15. The highest BCUT2D eigenvalue weighted by atomic mass is 35.5. The van der Waals surface area contributed by atoms with Gasteiger partial charge in [0.15, 0.2) is 0 Å². The molecule has 2 N–H and O–H groups in total. The Hall–Kier alpha value is -2.29. The molecule has 0 unspecified atom stereocenters. The third kappa shape index (κ3) is 6.85. The number of ether oxygens (including phenoxy) is 2. The number of esters is 1. The number of thiophene rings is 1. The van der Waals surface area contributed by atoms with E-state index in [4.69, 9.17) is 32.7 Å². The zero-order chi connectivity index (χ0) is 23.1. The molecule has 10 heteroatoms. The van der Waals surface area contributed by atoms with Crippen molar-refractivity contribution in [3.63, 3.8) is 0 Å². The minimum Gasteiger partial charge on any atom is -0.492 e. The van der Waals surface area contributed by atoms with Gasteiger partial charge in [0, 0.05) is 17.5 Å². The fourth-order valence-electron chi connectivity index (χ4n) is 2.69. The van der Waals surface area contributed by atoms with Crippen LogP contribution in [0.25, 0.3) is 0 Å². The molecule has 0 fully saturated rings. The largest absolute Gasteiger partial charge is 0.492 e. The van der Waals surface area contributed by atoms with Gasteiger partial charge in [-0.3, -0.25) is 9.59 Å². The monoisotopic (exact) mass is 486 g/mol. The standard InChI is InChI=1S/C21H24Cl2N2O5S/c1-11(2)24-19(27)18-12(3)17(21(28)29-4)20(31-18)25-16(26)6-5-9-30-15-8-7-13(22)10-14(15)23/h7-8,10-11H,5-6,9H2,1-4H3,(H,24,27)(H,25,26). The Morgan fingerprint density at radius 1 is 1.19 bits per heavy atom. The number of carbonyl (C=O) groups is 3. The summed E-state index contributed by atoms with van der Waals surface area (Å²) in [6, 6.07) is 4.83. The van der Waals surface area contributed by atoms with E-state index in [1.165, 1.54) is 7.11 Å². The van der Waals surface area contributed by atoms with Gasteiger partial charge in [-0.05, 0) is 51.0 Å². The molecule has 0 saturated carbocycles. The van der Waals surface area contributed by atoms with Crippen molar-refractivity contribution in [2.75, 3.05) is 19.0 Å². The Morgan fingerprint density at radius 3 is 2.52 bits per heavy atom. The number of anilines is 1. The number of carbonyl (C=O) groups excluding carboxylic acids is 3. The zero-order valence-electron chi connectivity index (χ0n) is 17.6. The molecular weight excluding hydrogens is 463 g/mol. The summed E-state index contributed by atoms with van der Waals surface area (Å²) in [7, 11) is 1.25. The fraction of sp³-hybridized carbons (Fsp3) is 0.381. The van der Waals surface area contributed by atoms with Crippen LogP contribution < -0.4 is 15.4 Å². The van der Waals surface area contributed by atoms with Crippen LogP contribution in [-0.4, -0.2) is 37.5 Å². The van der Waals surface area contributed by atoms with Crippen LogP contribution in [0.4, 0.5) is 5.00 Å². The number of methoxy groups -OCH3 is 1. The highest BCUT2D eigenvalue weighted by Gasteiger charge is 2.26. The third-order valence-electron chi connectivity index (χ3n) is 4.11. The maximum Gasteiger partial charge on any atom is 0.341 e. The van der Waals surface area contributed by atoms with Crippen LogP contribution in [0.5, 0.6) is 5.75 Å². The first-order valence-corrected chi connectivity index (χ1v) is 11.1. The van der Waals surface area contributed by atoms with Gasteiger partial charge in [-0.15, -0.1) is 11.3 Å². The summed E-state index contributed by atoms with van der Waals surface area (Å²) in [6.07, 6.45) is 0.569. The first-order chi connectivity index (χ1) is 14.6. The summed E-state index contributed by atoms with van der Waals surface area (Å²) in [5.41, 5.74) is 0.643. The topological polar surface area (TPSA) is 93.7 Å². The van der Waals surface area contributed by atoms with E-state index in [-0.39, 0.29) is 41.4 Å². The number of nitrogens with one attached hydrogen (secondary N) is 2. The van der Waals surface area contributed by atoms with Crippen LogP contribution in [0.2, 0.25) is 10.0 Å². The van der Waals surface area contributed by atoms with Crippen LogP contribution in [0, 0.1) is 6.92 Å². The molecule has 0 spiro atoms. The van der Waals surface area contributed by atoms with E-state index in [1.807, 2.05) is 13.8 Å². The van der Waals surface area contributed by atoms with E-state index in [0.717, 1.165) is 11.3 Å². The summed E-state index contributed by atoms with van der Waals surface area (Å²) in [4.78, 5) is 37.4. The van der Waals surface area contributed by atoms with E-state index in [1.54, 1.807) is 25.1 Å². The zero-order valence-corrected chi connectivity index (χ0v) is 20.0. The Labute approximate surface area is 195 Å². The van der Waals surface area contributed by atoms with Gasteiger partial charge >= 0.3 is 5.97 Å². The molecule has 2 amide bonds. The molecule has 0 atom stereocenters. The molecule has 0 saturated heterocycles. The summed E-state index contributed by atoms with van der Waals surface area (Å²) >= 11 is 12.9. The van der Waals surface area contributed by atoms with Gasteiger partial charge in [-0.1, -0.05) is 23.2 Å². The molecule has 0 aliphatic carbocycles. The van der Waals surface area contributed by atoms with Crippen LogP contribution in [0.15, 0.2) is 18.2 Å². The summed E-state index contributed by atoms with van der Waals surface area (Å²) in [6.45, 7) is 5.59. The first kappa shape index (κ1) is 25.0. The molecule has 2 rings (SSSR count). The van der Waals surface area contributed by atoms with E-state index in [0.29, 0.717) is 32.7 Å². The van der Waals surface area contributed by atoms with Gasteiger partial charge in [-0.2, -0.15) is 0 Å². The average Bonchev–Trinajstić information content (AvgIpc) is 3.01. The normalized spacial score (nSPS) is 10.7. The van der Waals surface area contributed by atoms with Gasteiger partial charge in [0.25, 0.3) is 5.91 Å². The van der Waals surface area contributed by atoms with Gasteiger partial charge in [-0.25, -0.2) is 4.79 Å². The van der Waals surface area contributed by atoms with Gasteiger partial charge < -0.3 is 20.1 Å². The van der Waals surface area contributed by atoms with Crippen LogP contribution >= 0.6 is 34.5 Å². The summed E-state index contributed by atoms with van der Waals surface area (Å²) < 4.78 is 10.4. The van der Waals surface area contributed by atoms with E-state index in [9.17, 15) is 14.4 Å². The predicted molar refractivity (Wildman–Crippen MR) is 123 cm³/mol. The molecule has 0 aliphatic heterocycles. The van der Waals surface area contributed by atoms with Crippen molar-refractivity contribution in [2.45, 2.75) is 39.7 Å². The molecule has 7 nitrogen and oxygen atoms in total. The SMILES string of the molecule is COC(=O)c1c(NC(=O)CCCOc2ccc(Cl)cc2Cl)sc(C(=O)NC(C)C)c1C. The number of hydrogen-bond donors (Lipinski definition) is 2. The molecule has 168 valence electrons. The Morgan fingerprint density at radius 2 is 1.90 bits per heavy atom. The number of amides is 2. The number of rotatable bonds is 9. The maximum absolute atomic E-state index is 12.4. The third-order valence-corrected chi connectivity index (χ3v) is 5.85. The van der Waals surface area contributed by atoms with Crippen molar-refractivity contribution in [1.82, 2.24) is 5.32 Å². The second-order valence-corrected chi connectivity index (χ2v) is 8.82. The minimum atomic E-state index is -0.617. The smallest absolute Gasteiger partial charge is 0.341 e. The second kappa shape index (κ2) is 11.4. The second-order valence-electron chi connectivity index (χ2n) is 6.95. The van der Waals surface area contributed by atoms with E-state index in [2.05, 4.69) is 10.6 Å². The van der Waals surface area contributed by atoms with Crippen molar-refractivity contribution < 1.29 is 23.9 Å². The minimum absolute atomic E-state index is 0.0669. The molecule has 1 heterocycles. The number of hydrogen-bond acceptors (Lipinski definition) is 6. The summed E-state index contributed by atoms with van der Waals surface area (Å²) in [5.74, 6) is -0.757. The molecule has 0 bridgehead atoms. The van der Waals surface area contributed by atoms with Crippen molar-refractivity contribution >= 4 is 57.3 Å². The lowest BCUT2D eigenvalue weighted by Gasteiger charge is -2.09. The van der Waals surface area contributed by atoms with Crippen molar-refractivity contribution in [2.24, 2.45) is 0 Å². The lowest BCUT2D eigenvalue weighted by atomic mass is 10.1. The summed E-state index contributed by atoms with van der Waals surface area (Å²) in [5, 5.41) is 6.68. The molecule has 31 heavy (non-hydrogen) atoms. The first-order valence-electron chi connectivity index (χ1n) is 9.54. The quantitative estimate of drug-likeness (QED) is 0.380. The van der Waals surface area contributed by atoms with Gasteiger partial charge in [0.05, 0.1) is 29.2 Å². The lowest BCUT2D eigenvalue weighted by Crippen LogP contribution is -2.29. The average molecular weight is 487 g/mol. The molecule has 2 aromatic rings. The fourth-order valence-corrected chi connectivity index (χ4v) is 4.27. The highest BCUT2D eigenvalue weighted by molar-refractivity contribution is 7.18. The van der Waals surface area contributed by atoms with Crippen molar-refractivity contribution in [3.8, 4) is 5.75 Å². The molecule has 0 radical (unpaired) electrons. The van der Waals surface area contributed by atoms with Crippen LogP contribution in [-0.2, 0) is 9.53 Å². The van der Waals surface area contributed by atoms with E-state index >= 15 is 0 Å². The number of benzene rings is 1. The Balaban J connectivity index is 2.02. The molecule has 1 aromatic carbocycles. The maximum atomic E-state index is 12.4. The van der Waals surface area contributed by atoms with Crippen molar-refractivity contribution in [1.29, 1.82) is 0 Å². The molecular formula is C21H24Cl2N2O5S. The van der Waals surface area contributed by atoms with Crippen LogP contribution in [0.1, 0.15) is 52.3 Å². The van der Waals surface area contributed by atoms with Crippen molar-refractivity contribution in [3.05, 3.63) is 44.2 Å². The van der Waals surface area contributed by atoms with Crippen LogP contribution in [0.3, 0.4) is 0 Å². The lowest BCUT2D eigenvalue weighted by molar-refractivity contribution is -0.116. The molecule has 1 aromatic heterocycles. The van der Waals surface area contributed by atoms with Gasteiger partial charge in [0.2, 0.25) is 5.91 Å². The van der Waals surface area contributed by atoms with E-state index < -0.39 is 5.97 Å². The number of halogens is 2. The molecule has 0 aliphatic rings. The Bertz CT molecular complexity index is 975.